The fourth-order valence-corrected chi connectivity index (χ4v) is 2.92. The first-order valence-corrected chi connectivity index (χ1v) is 7.31. The maximum absolute atomic E-state index is 12.4. The van der Waals surface area contributed by atoms with E-state index in [1.54, 1.807) is 0 Å². The lowest BCUT2D eigenvalue weighted by molar-refractivity contribution is 0.0903. The molecule has 1 aromatic carbocycles. The van der Waals surface area contributed by atoms with Crippen LogP contribution in [0.4, 0.5) is 0 Å². The molecule has 110 valence electrons. The molecule has 0 bridgehead atoms. The minimum atomic E-state index is -0.186. The average molecular weight is 275 g/mol. The van der Waals surface area contributed by atoms with Gasteiger partial charge in [0.1, 0.15) is 0 Å². The van der Waals surface area contributed by atoms with E-state index in [1.165, 1.54) is 0 Å². The Hall–Kier alpha value is -1.39. The second kappa shape index (κ2) is 6.37. The SMILES string of the molecule is CN(C)Cc1cccc(C(=O)NC2(CN)CCCC2)c1. The molecule has 0 saturated heterocycles. The Kier molecular flexibility index (Phi) is 4.78. The van der Waals surface area contributed by atoms with E-state index in [-0.39, 0.29) is 11.4 Å². The normalized spacial score (nSPS) is 17.4. The van der Waals surface area contributed by atoms with E-state index in [4.69, 9.17) is 5.73 Å². The molecule has 0 atom stereocenters. The number of hydrogen-bond donors (Lipinski definition) is 2. The molecule has 0 spiro atoms. The first-order chi connectivity index (χ1) is 9.54. The highest BCUT2D eigenvalue weighted by molar-refractivity contribution is 5.94. The van der Waals surface area contributed by atoms with Gasteiger partial charge in [-0.1, -0.05) is 25.0 Å². The van der Waals surface area contributed by atoms with Crippen LogP contribution in [0.5, 0.6) is 0 Å². The summed E-state index contributed by atoms with van der Waals surface area (Å²) in [5.41, 5.74) is 7.56. The summed E-state index contributed by atoms with van der Waals surface area (Å²) in [5, 5.41) is 3.16. The summed E-state index contributed by atoms with van der Waals surface area (Å²) in [7, 11) is 4.05. The lowest BCUT2D eigenvalue weighted by Gasteiger charge is -2.28. The molecular formula is C16H25N3O. The van der Waals surface area contributed by atoms with Crippen molar-refractivity contribution in [3.05, 3.63) is 35.4 Å². The van der Waals surface area contributed by atoms with Gasteiger partial charge in [0, 0.05) is 18.7 Å². The van der Waals surface area contributed by atoms with Crippen molar-refractivity contribution in [3.63, 3.8) is 0 Å². The molecule has 2 rings (SSSR count). The van der Waals surface area contributed by atoms with Gasteiger partial charge < -0.3 is 16.0 Å². The molecule has 1 fully saturated rings. The predicted octanol–water partition coefficient (Wildman–Crippen LogP) is 1.75. The average Bonchev–Trinajstić information content (AvgIpc) is 2.87. The van der Waals surface area contributed by atoms with Crippen LogP contribution in [0, 0.1) is 0 Å². The number of hydrogen-bond acceptors (Lipinski definition) is 3. The Bertz CT molecular complexity index is 465. The molecule has 20 heavy (non-hydrogen) atoms. The quantitative estimate of drug-likeness (QED) is 0.860. The molecule has 1 amide bonds. The Morgan fingerprint density at radius 3 is 2.65 bits per heavy atom. The first kappa shape index (κ1) is 15.0. The van der Waals surface area contributed by atoms with Gasteiger partial charge in [-0.3, -0.25) is 4.79 Å². The summed E-state index contributed by atoms with van der Waals surface area (Å²) >= 11 is 0. The summed E-state index contributed by atoms with van der Waals surface area (Å²) in [5.74, 6) is -0.00189. The standard InChI is InChI=1S/C16H25N3O/c1-19(2)11-13-6-5-7-14(10-13)15(20)18-16(12-17)8-3-4-9-16/h5-7,10H,3-4,8-9,11-12,17H2,1-2H3,(H,18,20). The number of nitrogens with zero attached hydrogens (tertiary/aromatic N) is 1. The lowest BCUT2D eigenvalue weighted by atomic mass is 9.97. The Morgan fingerprint density at radius 2 is 2.05 bits per heavy atom. The summed E-state index contributed by atoms with van der Waals surface area (Å²) < 4.78 is 0. The van der Waals surface area contributed by atoms with Gasteiger partial charge in [-0.15, -0.1) is 0 Å². The molecule has 0 unspecified atom stereocenters. The van der Waals surface area contributed by atoms with Crippen molar-refractivity contribution >= 4 is 5.91 Å². The van der Waals surface area contributed by atoms with Gasteiger partial charge in [0.05, 0.1) is 5.54 Å². The van der Waals surface area contributed by atoms with Gasteiger partial charge in [0.2, 0.25) is 0 Å². The van der Waals surface area contributed by atoms with Gasteiger partial charge in [-0.05, 0) is 44.6 Å². The number of carbonyl (C=O) groups excluding carboxylic acids is 1. The van der Waals surface area contributed by atoms with Gasteiger partial charge >= 0.3 is 0 Å². The van der Waals surface area contributed by atoms with Gasteiger partial charge in [0.15, 0.2) is 0 Å². The zero-order valence-electron chi connectivity index (χ0n) is 12.5. The number of rotatable bonds is 5. The zero-order chi connectivity index (χ0) is 14.6. The van der Waals surface area contributed by atoms with Crippen LogP contribution >= 0.6 is 0 Å². The Balaban J connectivity index is 2.08. The van der Waals surface area contributed by atoms with Crippen LogP contribution in [0.25, 0.3) is 0 Å². The molecule has 0 aliphatic heterocycles. The molecule has 0 aromatic heterocycles. The Labute approximate surface area is 121 Å². The van der Waals surface area contributed by atoms with Crippen LogP contribution < -0.4 is 11.1 Å². The monoisotopic (exact) mass is 275 g/mol. The van der Waals surface area contributed by atoms with Gasteiger partial charge in [-0.25, -0.2) is 0 Å². The van der Waals surface area contributed by atoms with E-state index in [2.05, 4.69) is 10.2 Å². The van der Waals surface area contributed by atoms with Crippen molar-refractivity contribution in [2.24, 2.45) is 5.73 Å². The largest absolute Gasteiger partial charge is 0.345 e. The van der Waals surface area contributed by atoms with E-state index in [0.717, 1.165) is 43.4 Å². The van der Waals surface area contributed by atoms with Crippen molar-refractivity contribution in [3.8, 4) is 0 Å². The summed E-state index contributed by atoms with van der Waals surface area (Å²) in [6.07, 6.45) is 4.29. The highest BCUT2D eigenvalue weighted by Gasteiger charge is 2.34. The Morgan fingerprint density at radius 1 is 1.35 bits per heavy atom. The van der Waals surface area contributed by atoms with Crippen molar-refractivity contribution in [1.29, 1.82) is 0 Å². The van der Waals surface area contributed by atoms with Crippen LogP contribution in [0.2, 0.25) is 0 Å². The third kappa shape index (κ3) is 3.58. The summed E-state index contributed by atoms with van der Waals surface area (Å²) in [4.78, 5) is 14.5. The van der Waals surface area contributed by atoms with Gasteiger partial charge in [-0.2, -0.15) is 0 Å². The molecule has 1 aliphatic carbocycles. The second-order valence-corrected chi connectivity index (χ2v) is 6.08. The van der Waals surface area contributed by atoms with E-state index >= 15 is 0 Å². The third-order valence-corrected chi connectivity index (χ3v) is 4.02. The van der Waals surface area contributed by atoms with Crippen molar-refractivity contribution in [2.75, 3.05) is 20.6 Å². The predicted molar refractivity (Wildman–Crippen MR) is 81.6 cm³/mol. The third-order valence-electron chi connectivity index (χ3n) is 4.02. The maximum Gasteiger partial charge on any atom is 0.251 e. The fraction of sp³-hybridized carbons (Fsp3) is 0.562. The number of carbonyl (C=O) groups is 1. The lowest BCUT2D eigenvalue weighted by Crippen LogP contribution is -2.51. The van der Waals surface area contributed by atoms with E-state index < -0.39 is 0 Å². The summed E-state index contributed by atoms with van der Waals surface area (Å²) in [6, 6.07) is 7.82. The molecule has 0 heterocycles. The highest BCUT2D eigenvalue weighted by Crippen LogP contribution is 2.29. The van der Waals surface area contributed by atoms with Crippen LogP contribution in [0.15, 0.2) is 24.3 Å². The second-order valence-electron chi connectivity index (χ2n) is 6.08. The molecule has 0 radical (unpaired) electrons. The van der Waals surface area contributed by atoms with Crippen molar-refractivity contribution < 1.29 is 4.79 Å². The van der Waals surface area contributed by atoms with Gasteiger partial charge in [0.25, 0.3) is 5.91 Å². The first-order valence-electron chi connectivity index (χ1n) is 7.31. The van der Waals surface area contributed by atoms with Crippen molar-refractivity contribution in [2.45, 2.75) is 37.8 Å². The summed E-state index contributed by atoms with van der Waals surface area (Å²) in [6.45, 7) is 1.36. The molecule has 4 nitrogen and oxygen atoms in total. The maximum atomic E-state index is 12.4. The number of nitrogens with one attached hydrogen (secondary N) is 1. The van der Waals surface area contributed by atoms with Crippen LogP contribution in [-0.4, -0.2) is 37.0 Å². The van der Waals surface area contributed by atoms with Crippen molar-refractivity contribution in [1.82, 2.24) is 10.2 Å². The topological polar surface area (TPSA) is 58.4 Å². The molecule has 1 aromatic rings. The van der Waals surface area contributed by atoms with Crippen LogP contribution in [-0.2, 0) is 6.54 Å². The van der Waals surface area contributed by atoms with Crippen LogP contribution in [0.1, 0.15) is 41.6 Å². The minimum absolute atomic E-state index is 0.00189. The highest BCUT2D eigenvalue weighted by atomic mass is 16.1. The van der Waals surface area contributed by atoms with E-state index in [0.29, 0.717) is 6.54 Å². The fourth-order valence-electron chi connectivity index (χ4n) is 2.92. The molecule has 1 aliphatic rings. The number of nitrogens with two attached hydrogens (primary N) is 1. The van der Waals surface area contributed by atoms with E-state index in [1.807, 2.05) is 38.4 Å². The van der Waals surface area contributed by atoms with E-state index in [9.17, 15) is 4.79 Å². The molecular weight excluding hydrogens is 250 g/mol. The minimum Gasteiger partial charge on any atom is -0.345 e. The molecule has 3 N–H and O–H groups in total. The zero-order valence-corrected chi connectivity index (χ0v) is 12.5. The smallest absolute Gasteiger partial charge is 0.251 e. The molecule has 1 saturated carbocycles. The molecule has 4 heteroatoms. The van der Waals surface area contributed by atoms with Crippen LogP contribution in [0.3, 0.4) is 0 Å². The number of amides is 1. The number of benzene rings is 1.